The SMILES string of the molecule is CC(C)[C@H](NC(=O)[C@H](NC(=O)[C@@H](NC(=O)[C@H](NC(=O)[C@@H](NC(=O)[C@H](N)C(C)C)C(C)C)C(C)C)C(C)C)C(C)C)C(=O)O. The molecule has 8 N–H and O–H groups in total. The van der Waals surface area contributed by atoms with Crippen molar-refractivity contribution in [3.8, 4) is 0 Å². The number of amides is 5. The lowest BCUT2D eigenvalue weighted by atomic mass is 9.96. The van der Waals surface area contributed by atoms with Crippen LogP contribution in [0.1, 0.15) is 83.1 Å². The molecule has 0 unspecified atom stereocenters. The van der Waals surface area contributed by atoms with Crippen LogP contribution in [0.5, 0.6) is 0 Å². The molecule has 0 spiro atoms. The standard InChI is InChI=1S/C30H56N6O7/c1-13(2)19(31)25(37)32-20(14(3)4)26(38)33-21(15(5)6)27(39)34-22(16(7)8)28(40)35-23(17(9)10)29(41)36-24(18(11)12)30(42)43/h13-24H,31H2,1-12H3,(H,32,37)(H,33,38)(H,34,39)(H,35,40)(H,36,41)(H,42,43)/t19-,20+,21-,22+,23-,24+/m1/s1. The van der Waals surface area contributed by atoms with Crippen molar-refractivity contribution in [2.24, 2.45) is 41.2 Å². The van der Waals surface area contributed by atoms with Gasteiger partial charge in [-0.05, 0) is 35.5 Å². The predicted molar refractivity (Wildman–Crippen MR) is 164 cm³/mol. The average Bonchev–Trinajstić information content (AvgIpc) is 2.87. The third kappa shape index (κ3) is 12.5. The first-order chi connectivity index (χ1) is 19.6. The number of rotatable bonds is 17. The second-order valence-electron chi connectivity index (χ2n) is 13.3. The van der Waals surface area contributed by atoms with Crippen molar-refractivity contribution < 1.29 is 33.9 Å². The van der Waals surface area contributed by atoms with E-state index in [9.17, 15) is 33.9 Å². The smallest absolute Gasteiger partial charge is 0.326 e. The fraction of sp³-hybridized carbons (Fsp3) is 0.800. The van der Waals surface area contributed by atoms with Crippen LogP contribution in [0.2, 0.25) is 0 Å². The summed E-state index contributed by atoms with van der Waals surface area (Å²) in [7, 11) is 0. The molecule has 0 heterocycles. The second-order valence-corrected chi connectivity index (χ2v) is 13.3. The Hall–Kier alpha value is -3.22. The van der Waals surface area contributed by atoms with Crippen molar-refractivity contribution in [2.75, 3.05) is 0 Å². The first-order valence-electron chi connectivity index (χ1n) is 15.1. The maximum Gasteiger partial charge on any atom is 0.326 e. The van der Waals surface area contributed by atoms with Crippen molar-refractivity contribution in [2.45, 2.75) is 119 Å². The fourth-order valence-electron chi connectivity index (χ4n) is 4.18. The van der Waals surface area contributed by atoms with Crippen molar-refractivity contribution in [1.29, 1.82) is 0 Å². The minimum atomic E-state index is -1.19. The second kappa shape index (κ2) is 17.8. The summed E-state index contributed by atoms with van der Waals surface area (Å²) in [6.07, 6.45) is 0. The van der Waals surface area contributed by atoms with Gasteiger partial charge in [0, 0.05) is 0 Å². The van der Waals surface area contributed by atoms with Gasteiger partial charge >= 0.3 is 5.97 Å². The molecule has 5 amide bonds. The Kier molecular flexibility index (Phi) is 16.5. The van der Waals surface area contributed by atoms with Crippen LogP contribution in [-0.4, -0.2) is 76.9 Å². The van der Waals surface area contributed by atoms with Gasteiger partial charge in [-0.25, -0.2) is 4.79 Å². The van der Waals surface area contributed by atoms with Crippen molar-refractivity contribution in [3.63, 3.8) is 0 Å². The van der Waals surface area contributed by atoms with Gasteiger partial charge in [0.25, 0.3) is 0 Å². The highest BCUT2D eigenvalue weighted by Crippen LogP contribution is 2.12. The molecule has 43 heavy (non-hydrogen) atoms. The van der Waals surface area contributed by atoms with E-state index < -0.39 is 77.7 Å². The number of carbonyl (C=O) groups excluding carboxylic acids is 5. The van der Waals surface area contributed by atoms with E-state index >= 15 is 0 Å². The Bertz CT molecular complexity index is 980. The Balaban J connectivity index is 5.85. The van der Waals surface area contributed by atoms with Crippen LogP contribution in [0.25, 0.3) is 0 Å². The summed E-state index contributed by atoms with van der Waals surface area (Å²) in [5.41, 5.74) is 5.94. The number of carboxylic acid groups (broad SMARTS) is 1. The lowest BCUT2D eigenvalue weighted by molar-refractivity contribution is -0.144. The van der Waals surface area contributed by atoms with Gasteiger partial charge in [-0.3, -0.25) is 24.0 Å². The number of carbonyl (C=O) groups is 6. The minimum Gasteiger partial charge on any atom is -0.480 e. The van der Waals surface area contributed by atoms with Crippen LogP contribution in [0, 0.1) is 35.5 Å². The molecule has 0 fully saturated rings. The first-order valence-corrected chi connectivity index (χ1v) is 15.1. The Morgan fingerprint density at radius 1 is 0.395 bits per heavy atom. The summed E-state index contributed by atoms with van der Waals surface area (Å²) in [4.78, 5) is 77.2. The van der Waals surface area contributed by atoms with Gasteiger partial charge in [-0.15, -0.1) is 0 Å². The third-order valence-electron chi connectivity index (χ3n) is 7.24. The van der Waals surface area contributed by atoms with E-state index in [1.807, 2.05) is 0 Å². The molecule has 0 aliphatic heterocycles. The summed E-state index contributed by atoms with van der Waals surface area (Å²) in [5.74, 6) is -6.09. The van der Waals surface area contributed by atoms with E-state index in [1.54, 1.807) is 83.1 Å². The van der Waals surface area contributed by atoms with E-state index in [2.05, 4.69) is 26.6 Å². The van der Waals surface area contributed by atoms with Crippen molar-refractivity contribution >= 4 is 35.5 Å². The zero-order chi connectivity index (χ0) is 33.9. The first kappa shape index (κ1) is 39.8. The largest absolute Gasteiger partial charge is 0.480 e. The topological polar surface area (TPSA) is 209 Å². The summed E-state index contributed by atoms with van der Waals surface area (Å²) in [5, 5.41) is 22.7. The zero-order valence-electron chi connectivity index (χ0n) is 27.9. The molecule has 13 nitrogen and oxygen atoms in total. The molecule has 0 aromatic carbocycles. The molecule has 0 saturated carbocycles. The highest BCUT2D eigenvalue weighted by atomic mass is 16.4. The molecule has 0 saturated heterocycles. The number of nitrogens with one attached hydrogen (secondary N) is 5. The maximum absolute atomic E-state index is 13.4. The number of hydrogen-bond donors (Lipinski definition) is 7. The lowest BCUT2D eigenvalue weighted by Gasteiger charge is -2.31. The van der Waals surface area contributed by atoms with Crippen LogP contribution < -0.4 is 32.3 Å². The van der Waals surface area contributed by atoms with Gasteiger partial charge in [-0.1, -0.05) is 83.1 Å². The molecule has 0 rings (SSSR count). The van der Waals surface area contributed by atoms with E-state index in [1.165, 1.54) is 0 Å². The maximum atomic E-state index is 13.4. The van der Waals surface area contributed by atoms with Crippen LogP contribution in [-0.2, 0) is 28.8 Å². The third-order valence-corrected chi connectivity index (χ3v) is 7.24. The average molecular weight is 613 g/mol. The fourth-order valence-corrected chi connectivity index (χ4v) is 4.18. The van der Waals surface area contributed by atoms with E-state index in [4.69, 9.17) is 5.73 Å². The minimum absolute atomic E-state index is 0.139. The molecule has 0 aromatic rings. The molecular formula is C30H56N6O7. The van der Waals surface area contributed by atoms with Crippen LogP contribution in [0.3, 0.4) is 0 Å². The van der Waals surface area contributed by atoms with Crippen LogP contribution in [0.4, 0.5) is 0 Å². The zero-order valence-corrected chi connectivity index (χ0v) is 27.9. The molecule has 13 heteroatoms. The van der Waals surface area contributed by atoms with Gasteiger partial charge in [-0.2, -0.15) is 0 Å². The predicted octanol–water partition coefficient (Wildman–Crippen LogP) is 0.758. The van der Waals surface area contributed by atoms with E-state index in [0.29, 0.717) is 0 Å². The van der Waals surface area contributed by atoms with Gasteiger partial charge in [0.05, 0.1) is 6.04 Å². The summed E-state index contributed by atoms with van der Waals surface area (Å²) < 4.78 is 0. The van der Waals surface area contributed by atoms with E-state index in [-0.39, 0.29) is 29.6 Å². The Morgan fingerprint density at radius 2 is 0.605 bits per heavy atom. The quantitative estimate of drug-likeness (QED) is 0.124. The van der Waals surface area contributed by atoms with E-state index in [0.717, 1.165) is 0 Å². The lowest BCUT2D eigenvalue weighted by Crippen LogP contribution is -2.62. The Morgan fingerprint density at radius 3 is 0.791 bits per heavy atom. The number of nitrogens with two attached hydrogens (primary N) is 1. The van der Waals surface area contributed by atoms with Gasteiger partial charge in [0.1, 0.15) is 30.2 Å². The molecule has 0 radical (unpaired) electrons. The highest BCUT2D eigenvalue weighted by molar-refractivity contribution is 5.96. The number of hydrogen-bond acceptors (Lipinski definition) is 7. The van der Waals surface area contributed by atoms with Crippen LogP contribution in [0.15, 0.2) is 0 Å². The van der Waals surface area contributed by atoms with Crippen molar-refractivity contribution in [1.82, 2.24) is 26.6 Å². The summed E-state index contributed by atoms with van der Waals surface area (Å²) in [6.45, 7) is 20.8. The highest BCUT2D eigenvalue weighted by Gasteiger charge is 2.36. The molecular weight excluding hydrogens is 556 g/mol. The molecule has 6 atom stereocenters. The van der Waals surface area contributed by atoms with Gasteiger partial charge in [0.2, 0.25) is 29.5 Å². The monoisotopic (exact) mass is 612 g/mol. The summed E-state index contributed by atoms with van der Waals surface area (Å²) in [6, 6.07) is -6.04. The number of aliphatic carboxylic acids is 1. The summed E-state index contributed by atoms with van der Waals surface area (Å²) >= 11 is 0. The molecule has 248 valence electrons. The van der Waals surface area contributed by atoms with Crippen molar-refractivity contribution in [3.05, 3.63) is 0 Å². The van der Waals surface area contributed by atoms with Gasteiger partial charge in [0.15, 0.2) is 0 Å². The van der Waals surface area contributed by atoms with Crippen LogP contribution >= 0.6 is 0 Å². The number of carboxylic acids is 1. The molecule has 0 bridgehead atoms. The normalized spacial score (nSPS) is 16.0. The molecule has 0 aliphatic rings. The Labute approximate surface area is 256 Å². The van der Waals surface area contributed by atoms with Gasteiger partial charge < -0.3 is 37.4 Å². The molecule has 0 aliphatic carbocycles. The molecule has 0 aromatic heterocycles.